The summed E-state index contributed by atoms with van der Waals surface area (Å²) in [4.78, 5) is 42.5. The molecule has 0 unspecified atom stereocenters. The summed E-state index contributed by atoms with van der Waals surface area (Å²) in [5.74, 6) is 0.285. The van der Waals surface area contributed by atoms with E-state index in [1.165, 1.54) is 0 Å². The van der Waals surface area contributed by atoms with E-state index < -0.39 is 6.04 Å². The van der Waals surface area contributed by atoms with Crippen molar-refractivity contribution < 1.29 is 9.59 Å². The maximum atomic E-state index is 13.6. The molecule has 1 aliphatic heterocycles. The van der Waals surface area contributed by atoms with Gasteiger partial charge in [-0.15, -0.1) is 0 Å². The van der Waals surface area contributed by atoms with E-state index >= 15 is 0 Å². The fraction of sp³-hybridized carbons (Fsp3) is 0.318. The lowest BCUT2D eigenvalue weighted by molar-refractivity contribution is -0.137. The quantitative estimate of drug-likeness (QED) is 0.721. The van der Waals surface area contributed by atoms with Crippen molar-refractivity contribution in [2.75, 3.05) is 32.5 Å². The van der Waals surface area contributed by atoms with Crippen LogP contribution in [0.5, 0.6) is 0 Å². The normalized spacial score (nSPS) is 16.8. The summed E-state index contributed by atoms with van der Waals surface area (Å²) < 4.78 is 0. The van der Waals surface area contributed by atoms with Crippen LogP contribution in [-0.2, 0) is 4.79 Å². The van der Waals surface area contributed by atoms with Gasteiger partial charge in [0.25, 0.3) is 5.91 Å². The van der Waals surface area contributed by atoms with Gasteiger partial charge in [-0.1, -0.05) is 11.6 Å². The van der Waals surface area contributed by atoms with Crippen LogP contribution < -0.4 is 5.32 Å². The van der Waals surface area contributed by atoms with Crippen LogP contribution in [0.2, 0.25) is 0 Å². The highest BCUT2D eigenvalue weighted by Gasteiger charge is 2.33. The van der Waals surface area contributed by atoms with Gasteiger partial charge in [-0.05, 0) is 32.0 Å². The van der Waals surface area contributed by atoms with Gasteiger partial charge < -0.3 is 15.1 Å². The SMILES string of the molecule is CNc1ncc(-c2cc(C(=O)N3CCN(C)C(=O)[C@@H]3C)c3cc(C)ccc3n2)cn1. The first-order valence-electron chi connectivity index (χ1n) is 9.86. The Morgan fingerprint density at radius 2 is 1.90 bits per heavy atom. The van der Waals surface area contributed by atoms with Crippen LogP contribution in [0, 0.1) is 6.92 Å². The lowest BCUT2D eigenvalue weighted by Gasteiger charge is -2.37. The Morgan fingerprint density at radius 3 is 2.60 bits per heavy atom. The van der Waals surface area contributed by atoms with E-state index in [9.17, 15) is 9.59 Å². The molecule has 1 atom stereocenters. The molecule has 2 aromatic heterocycles. The van der Waals surface area contributed by atoms with Crippen molar-refractivity contribution in [1.29, 1.82) is 0 Å². The van der Waals surface area contributed by atoms with Crippen LogP contribution in [-0.4, -0.2) is 69.8 Å². The fourth-order valence-electron chi connectivity index (χ4n) is 3.70. The third kappa shape index (κ3) is 3.45. The Labute approximate surface area is 175 Å². The fourth-order valence-corrected chi connectivity index (χ4v) is 3.70. The number of piperazine rings is 1. The number of nitrogens with one attached hydrogen (secondary N) is 1. The second-order valence-electron chi connectivity index (χ2n) is 7.56. The summed E-state index contributed by atoms with van der Waals surface area (Å²) in [5, 5.41) is 3.66. The number of amides is 2. The van der Waals surface area contributed by atoms with Gasteiger partial charge in [-0.2, -0.15) is 0 Å². The summed E-state index contributed by atoms with van der Waals surface area (Å²) in [6, 6.07) is 7.10. The van der Waals surface area contributed by atoms with Crippen molar-refractivity contribution in [2.45, 2.75) is 19.9 Å². The highest BCUT2D eigenvalue weighted by Crippen LogP contribution is 2.27. The van der Waals surface area contributed by atoms with E-state index in [1.54, 1.807) is 49.3 Å². The summed E-state index contributed by atoms with van der Waals surface area (Å²) >= 11 is 0. The molecule has 4 rings (SSSR count). The number of nitrogens with zero attached hydrogens (tertiary/aromatic N) is 5. The number of carbonyl (C=O) groups is 2. The van der Waals surface area contributed by atoms with Crippen molar-refractivity contribution >= 4 is 28.7 Å². The maximum Gasteiger partial charge on any atom is 0.255 e. The number of carbonyl (C=O) groups excluding carboxylic acids is 2. The Morgan fingerprint density at radius 1 is 1.17 bits per heavy atom. The number of aryl methyl sites for hydroxylation is 1. The monoisotopic (exact) mass is 404 g/mol. The predicted molar refractivity (Wildman–Crippen MR) is 115 cm³/mol. The number of fused-ring (bicyclic) bond motifs is 1. The minimum Gasteiger partial charge on any atom is -0.357 e. The van der Waals surface area contributed by atoms with E-state index in [1.807, 2.05) is 25.1 Å². The maximum absolute atomic E-state index is 13.6. The molecule has 8 heteroatoms. The molecule has 3 aromatic rings. The molecule has 0 saturated carbocycles. The molecule has 1 saturated heterocycles. The highest BCUT2D eigenvalue weighted by molar-refractivity contribution is 6.08. The molecule has 1 aromatic carbocycles. The summed E-state index contributed by atoms with van der Waals surface area (Å²) in [7, 11) is 3.51. The zero-order valence-corrected chi connectivity index (χ0v) is 17.5. The average molecular weight is 404 g/mol. The molecule has 154 valence electrons. The zero-order valence-electron chi connectivity index (χ0n) is 17.5. The molecule has 0 aliphatic carbocycles. The number of benzene rings is 1. The molecule has 8 nitrogen and oxygen atoms in total. The minimum atomic E-state index is -0.508. The molecule has 0 spiro atoms. The largest absolute Gasteiger partial charge is 0.357 e. The molecule has 2 amide bonds. The van der Waals surface area contributed by atoms with Crippen LogP contribution >= 0.6 is 0 Å². The van der Waals surface area contributed by atoms with E-state index in [0.717, 1.165) is 10.9 Å². The van der Waals surface area contributed by atoms with Crippen molar-refractivity contribution in [3.63, 3.8) is 0 Å². The van der Waals surface area contributed by atoms with Gasteiger partial charge >= 0.3 is 0 Å². The van der Waals surface area contributed by atoms with Gasteiger partial charge in [0.15, 0.2) is 0 Å². The first-order valence-corrected chi connectivity index (χ1v) is 9.86. The van der Waals surface area contributed by atoms with Crippen LogP contribution in [0.15, 0.2) is 36.7 Å². The van der Waals surface area contributed by atoms with Gasteiger partial charge in [0.1, 0.15) is 6.04 Å². The number of anilines is 1. The van der Waals surface area contributed by atoms with Crippen molar-refractivity contribution in [1.82, 2.24) is 24.8 Å². The lowest BCUT2D eigenvalue weighted by Crippen LogP contribution is -2.56. The second kappa shape index (κ2) is 7.70. The standard InChI is InChI=1S/C22H24N6O2/c1-13-5-6-18-16(9-13)17(21(30)28-8-7-27(4)20(29)14(28)2)10-19(26-18)15-11-24-22(23-3)25-12-15/h5-6,9-12,14H,7-8H2,1-4H3,(H,23,24,25)/t14-/m0/s1. The van der Waals surface area contributed by atoms with E-state index in [4.69, 9.17) is 4.98 Å². The summed E-state index contributed by atoms with van der Waals surface area (Å²) in [6.45, 7) is 4.76. The van der Waals surface area contributed by atoms with Crippen molar-refractivity contribution in [2.24, 2.45) is 0 Å². The summed E-state index contributed by atoms with van der Waals surface area (Å²) in [5.41, 5.74) is 3.61. The lowest BCUT2D eigenvalue weighted by atomic mass is 10.0. The minimum absolute atomic E-state index is 0.0552. The molecular formula is C22H24N6O2. The topological polar surface area (TPSA) is 91.3 Å². The van der Waals surface area contributed by atoms with Gasteiger partial charge in [0.05, 0.1) is 16.8 Å². The smallest absolute Gasteiger partial charge is 0.255 e. The molecule has 1 N–H and O–H groups in total. The third-order valence-electron chi connectivity index (χ3n) is 5.50. The molecule has 1 fully saturated rings. The van der Waals surface area contributed by atoms with Gasteiger partial charge in [-0.3, -0.25) is 9.59 Å². The Bertz CT molecular complexity index is 1130. The first-order chi connectivity index (χ1) is 14.4. The number of hydrogen-bond acceptors (Lipinski definition) is 6. The van der Waals surface area contributed by atoms with E-state index in [-0.39, 0.29) is 11.8 Å². The Kier molecular flexibility index (Phi) is 5.07. The van der Waals surface area contributed by atoms with Crippen LogP contribution in [0.4, 0.5) is 5.95 Å². The molecular weight excluding hydrogens is 380 g/mol. The van der Waals surface area contributed by atoms with Gasteiger partial charge in [0, 0.05) is 50.5 Å². The zero-order chi connectivity index (χ0) is 21.4. The van der Waals surface area contributed by atoms with Crippen molar-refractivity contribution in [3.05, 3.63) is 47.8 Å². The molecule has 0 radical (unpaired) electrons. The molecule has 0 bridgehead atoms. The highest BCUT2D eigenvalue weighted by atomic mass is 16.2. The Balaban J connectivity index is 1.83. The molecule has 3 heterocycles. The van der Waals surface area contributed by atoms with Gasteiger partial charge in [-0.25, -0.2) is 15.0 Å². The first kappa shape index (κ1) is 19.8. The number of rotatable bonds is 3. The van der Waals surface area contributed by atoms with E-state index in [0.29, 0.717) is 41.4 Å². The number of likely N-dealkylation sites (N-methyl/N-ethyl adjacent to an activating group) is 1. The number of hydrogen-bond donors (Lipinski definition) is 1. The average Bonchev–Trinajstić information content (AvgIpc) is 2.76. The van der Waals surface area contributed by atoms with Gasteiger partial charge in [0.2, 0.25) is 11.9 Å². The number of aromatic nitrogens is 3. The third-order valence-corrected chi connectivity index (χ3v) is 5.50. The van der Waals surface area contributed by atoms with Crippen LogP contribution in [0.1, 0.15) is 22.8 Å². The Hall–Kier alpha value is -3.55. The van der Waals surface area contributed by atoms with E-state index in [2.05, 4.69) is 15.3 Å². The van der Waals surface area contributed by atoms with Crippen LogP contribution in [0.3, 0.4) is 0 Å². The predicted octanol–water partition coefficient (Wildman–Crippen LogP) is 2.34. The van der Waals surface area contributed by atoms with Crippen molar-refractivity contribution in [3.8, 4) is 11.3 Å². The second-order valence-corrected chi connectivity index (χ2v) is 7.56. The van der Waals surface area contributed by atoms with Crippen LogP contribution in [0.25, 0.3) is 22.2 Å². The summed E-state index contributed by atoms with van der Waals surface area (Å²) in [6.07, 6.45) is 3.36. The molecule has 30 heavy (non-hydrogen) atoms. The number of pyridine rings is 1. The molecule has 1 aliphatic rings.